The van der Waals surface area contributed by atoms with Crippen LogP contribution in [0.15, 0.2) is 28.7 Å². The molecule has 106 valence electrons. The topological polar surface area (TPSA) is 30.2 Å². The van der Waals surface area contributed by atoms with Crippen molar-refractivity contribution >= 4 is 16.8 Å². The maximum absolute atomic E-state index is 12.6. The molecule has 20 heavy (non-hydrogen) atoms. The van der Waals surface area contributed by atoms with Crippen LogP contribution in [0, 0.1) is 18.8 Å². The van der Waals surface area contributed by atoms with Crippen molar-refractivity contribution in [1.82, 2.24) is 0 Å². The van der Waals surface area contributed by atoms with E-state index in [4.69, 9.17) is 4.42 Å². The van der Waals surface area contributed by atoms with Crippen molar-refractivity contribution in [3.05, 3.63) is 35.6 Å². The number of benzene rings is 1. The summed E-state index contributed by atoms with van der Waals surface area (Å²) in [6, 6.07) is 7.97. The number of hydrogen-bond acceptors (Lipinski definition) is 2. The first-order chi connectivity index (χ1) is 9.67. The van der Waals surface area contributed by atoms with Gasteiger partial charge in [-0.3, -0.25) is 4.79 Å². The van der Waals surface area contributed by atoms with Crippen LogP contribution < -0.4 is 0 Å². The minimum absolute atomic E-state index is 0.162. The maximum atomic E-state index is 12.6. The van der Waals surface area contributed by atoms with Crippen LogP contribution in [0.3, 0.4) is 0 Å². The van der Waals surface area contributed by atoms with Gasteiger partial charge >= 0.3 is 0 Å². The highest BCUT2D eigenvalue weighted by atomic mass is 16.3. The molecule has 2 atom stereocenters. The molecular weight excluding hydrogens is 248 g/mol. The lowest BCUT2D eigenvalue weighted by molar-refractivity contribution is 0.0835. The Morgan fingerprint density at radius 2 is 2.15 bits per heavy atom. The van der Waals surface area contributed by atoms with Gasteiger partial charge in [-0.2, -0.15) is 0 Å². The molecule has 1 aromatic carbocycles. The normalized spacial score (nSPS) is 23.1. The average Bonchev–Trinajstić information content (AvgIpc) is 2.89. The summed E-state index contributed by atoms with van der Waals surface area (Å²) < 4.78 is 5.76. The van der Waals surface area contributed by atoms with Crippen LogP contribution in [0.1, 0.15) is 55.1 Å². The van der Waals surface area contributed by atoms with Gasteiger partial charge in [0, 0.05) is 11.3 Å². The number of Topliss-reactive ketones (excluding diaryl/α,β-unsaturated/α-hetero) is 1. The molecule has 0 aliphatic heterocycles. The SMILES string of the molecule is CCC1CCCC(C(=O)c2cc3cc(C)ccc3o2)C1. The van der Waals surface area contributed by atoms with E-state index in [0.717, 1.165) is 23.8 Å². The van der Waals surface area contributed by atoms with Crippen LogP contribution >= 0.6 is 0 Å². The Labute approximate surface area is 120 Å². The maximum Gasteiger partial charge on any atom is 0.201 e. The van der Waals surface area contributed by atoms with Gasteiger partial charge in [0.05, 0.1) is 0 Å². The molecule has 0 radical (unpaired) electrons. The fraction of sp³-hybridized carbons (Fsp3) is 0.500. The quantitative estimate of drug-likeness (QED) is 0.723. The van der Waals surface area contributed by atoms with Crippen molar-refractivity contribution in [3.8, 4) is 0 Å². The summed E-state index contributed by atoms with van der Waals surface area (Å²) >= 11 is 0. The number of ketones is 1. The molecular formula is C18H22O2. The predicted octanol–water partition coefficient (Wildman–Crippen LogP) is 5.14. The van der Waals surface area contributed by atoms with Gasteiger partial charge in [0.25, 0.3) is 0 Å². The Balaban J connectivity index is 1.84. The second kappa shape index (κ2) is 5.43. The highest BCUT2D eigenvalue weighted by Crippen LogP contribution is 2.34. The van der Waals surface area contributed by atoms with E-state index in [-0.39, 0.29) is 11.7 Å². The molecule has 2 aromatic rings. The summed E-state index contributed by atoms with van der Waals surface area (Å²) in [5, 5.41) is 1.04. The van der Waals surface area contributed by atoms with E-state index in [2.05, 4.69) is 19.9 Å². The van der Waals surface area contributed by atoms with E-state index < -0.39 is 0 Å². The first-order valence-corrected chi connectivity index (χ1v) is 7.71. The third-order valence-corrected chi connectivity index (χ3v) is 4.65. The Bertz CT molecular complexity index is 623. The van der Waals surface area contributed by atoms with Crippen LogP contribution in [0.2, 0.25) is 0 Å². The van der Waals surface area contributed by atoms with Gasteiger partial charge in [0.15, 0.2) is 5.76 Å². The first-order valence-electron chi connectivity index (χ1n) is 7.71. The van der Waals surface area contributed by atoms with Gasteiger partial charge in [-0.25, -0.2) is 0 Å². The van der Waals surface area contributed by atoms with Gasteiger partial charge in [-0.15, -0.1) is 0 Å². The molecule has 1 aliphatic rings. The molecule has 2 heteroatoms. The van der Waals surface area contributed by atoms with E-state index in [1.165, 1.54) is 24.8 Å². The third-order valence-electron chi connectivity index (χ3n) is 4.65. The molecule has 2 nitrogen and oxygen atoms in total. The number of aryl methyl sites for hydroxylation is 1. The lowest BCUT2D eigenvalue weighted by atomic mass is 9.78. The van der Waals surface area contributed by atoms with Crippen LogP contribution in [-0.4, -0.2) is 5.78 Å². The third kappa shape index (κ3) is 2.52. The Morgan fingerprint density at radius 3 is 2.95 bits per heavy atom. The molecule has 0 amide bonds. The minimum Gasteiger partial charge on any atom is -0.453 e. The van der Waals surface area contributed by atoms with Gasteiger partial charge in [-0.1, -0.05) is 37.8 Å². The molecule has 1 aromatic heterocycles. The number of hydrogen-bond donors (Lipinski definition) is 0. The molecule has 0 spiro atoms. The summed E-state index contributed by atoms with van der Waals surface area (Å²) in [5.41, 5.74) is 2.02. The van der Waals surface area contributed by atoms with Gasteiger partial charge in [0.2, 0.25) is 5.78 Å². The van der Waals surface area contributed by atoms with E-state index in [9.17, 15) is 4.79 Å². The van der Waals surface area contributed by atoms with Gasteiger partial charge < -0.3 is 4.42 Å². The second-order valence-electron chi connectivity index (χ2n) is 6.15. The zero-order valence-corrected chi connectivity index (χ0v) is 12.3. The zero-order chi connectivity index (χ0) is 14.1. The molecule has 1 aliphatic carbocycles. The summed E-state index contributed by atoms with van der Waals surface area (Å²) in [7, 11) is 0. The van der Waals surface area contributed by atoms with E-state index in [1.807, 2.05) is 18.2 Å². The molecule has 0 bridgehead atoms. The summed E-state index contributed by atoms with van der Waals surface area (Å²) in [4.78, 5) is 12.6. The number of furan rings is 1. The van der Waals surface area contributed by atoms with E-state index in [0.29, 0.717) is 11.7 Å². The summed E-state index contributed by atoms with van der Waals surface area (Å²) in [6.45, 7) is 4.28. The highest BCUT2D eigenvalue weighted by Gasteiger charge is 2.28. The second-order valence-corrected chi connectivity index (χ2v) is 6.15. The number of carbonyl (C=O) groups is 1. The van der Waals surface area contributed by atoms with Crippen molar-refractivity contribution in [2.45, 2.75) is 46.0 Å². The van der Waals surface area contributed by atoms with Crippen molar-refractivity contribution in [1.29, 1.82) is 0 Å². The van der Waals surface area contributed by atoms with Crippen molar-refractivity contribution in [3.63, 3.8) is 0 Å². The lowest BCUT2D eigenvalue weighted by Crippen LogP contribution is -2.22. The molecule has 0 N–H and O–H groups in total. The monoisotopic (exact) mass is 270 g/mol. The van der Waals surface area contributed by atoms with E-state index in [1.54, 1.807) is 0 Å². The molecule has 1 saturated carbocycles. The largest absolute Gasteiger partial charge is 0.453 e. The number of carbonyl (C=O) groups excluding carboxylic acids is 1. The number of fused-ring (bicyclic) bond motifs is 1. The van der Waals surface area contributed by atoms with Crippen molar-refractivity contribution in [2.24, 2.45) is 11.8 Å². The van der Waals surface area contributed by atoms with Crippen LogP contribution in [0.4, 0.5) is 0 Å². The summed E-state index contributed by atoms with van der Waals surface area (Å²) in [6.07, 6.45) is 5.69. The Kier molecular flexibility index (Phi) is 3.64. The fourth-order valence-electron chi connectivity index (χ4n) is 3.39. The minimum atomic E-state index is 0.162. The Morgan fingerprint density at radius 1 is 1.30 bits per heavy atom. The van der Waals surface area contributed by atoms with Crippen LogP contribution in [-0.2, 0) is 0 Å². The van der Waals surface area contributed by atoms with Crippen molar-refractivity contribution < 1.29 is 9.21 Å². The fourth-order valence-corrected chi connectivity index (χ4v) is 3.39. The molecule has 2 unspecified atom stereocenters. The van der Waals surface area contributed by atoms with Crippen molar-refractivity contribution in [2.75, 3.05) is 0 Å². The predicted molar refractivity (Wildman–Crippen MR) is 81.0 cm³/mol. The first kappa shape index (κ1) is 13.4. The number of rotatable bonds is 3. The van der Waals surface area contributed by atoms with Gasteiger partial charge in [-0.05, 0) is 43.9 Å². The molecule has 0 saturated heterocycles. The standard InChI is InChI=1S/C18H22O2/c1-3-13-5-4-6-14(10-13)18(19)17-11-15-9-12(2)7-8-16(15)20-17/h7-9,11,13-14H,3-6,10H2,1-2H3. The molecule has 3 rings (SSSR count). The molecule has 1 heterocycles. The van der Waals surface area contributed by atoms with Crippen LogP contribution in [0.25, 0.3) is 11.0 Å². The average molecular weight is 270 g/mol. The van der Waals surface area contributed by atoms with Gasteiger partial charge in [0.1, 0.15) is 5.58 Å². The highest BCUT2D eigenvalue weighted by molar-refractivity contribution is 5.99. The lowest BCUT2D eigenvalue weighted by Gasteiger charge is -2.26. The zero-order valence-electron chi connectivity index (χ0n) is 12.3. The van der Waals surface area contributed by atoms with E-state index >= 15 is 0 Å². The summed E-state index contributed by atoms with van der Waals surface area (Å²) in [5.74, 6) is 1.63. The van der Waals surface area contributed by atoms with Crippen LogP contribution in [0.5, 0.6) is 0 Å². The molecule has 1 fully saturated rings. The Hall–Kier alpha value is -1.57. The smallest absolute Gasteiger partial charge is 0.201 e.